The number of nitrogens with zero attached hydrogens (tertiary/aromatic N) is 2. The number of aliphatic carboxylic acids is 1. The number of hydrogen-bond donors (Lipinski definition) is 2. The van der Waals surface area contributed by atoms with E-state index in [1.165, 1.54) is 12.0 Å². The van der Waals surface area contributed by atoms with E-state index >= 15 is 0 Å². The number of benzene rings is 1. The maximum atomic E-state index is 12.6. The number of methoxy groups -OCH3 is 1. The number of carboxylic acids is 1. The molecular weight excluding hydrogens is 390 g/mol. The number of rotatable bonds is 8. The van der Waals surface area contributed by atoms with Gasteiger partial charge in [-0.25, -0.2) is 4.79 Å². The van der Waals surface area contributed by atoms with Gasteiger partial charge in [0.05, 0.1) is 20.1 Å². The number of amides is 4. The number of carbonyl (C=O) groups excluding carboxylic acids is 3. The van der Waals surface area contributed by atoms with Crippen LogP contribution in [0.2, 0.25) is 0 Å². The monoisotopic (exact) mass is 417 g/mol. The number of urea groups is 1. The SMILES string of the molecule is COc1ccc(NC(=O)CC(C)(C)CC(=O)O)cc1CN1C(=O)C2CCCN2C1=O. The van der Waals surface area contributed by atoms with Crippen LogP contribution in [0.5, 0.6) is 5.75 Å². The van der Waals surface area contributed by atoms with Crippen molar-refractivity contribution in [2.75, 3.05) is 19.0 Å². The molecule has 0 bridgehead atoms. The Bertz CT molecular complexity index is 859. The van der Waals surface area contributed by atoms with Crippen molar-refractivity contribution in [3.05, 3.63) is 23.8 Å². The Morgan fingerprint density at radius 3 is 2.63 bits per heavy atom. The molecule has 1 atom stereocenters. The second-order valence-electron chi connectivity index (χ2n) is 8.54. The summed E-state index contributed by atoms with van der Waals surface area (Å²) in [6.45, 7) is 4.08. The van der Waals surface area contributed by atoms with Crippen LogP contribution in [-0.4, -0.2) is 58.4 Å². The van der Waals surface area contributed by atoms with Crippen molar-refractivity contribution in [2.24, 2.45) is 5.41 Å². The summed E-state index contributed by atoms with van der Waals surface area (Å²) in [5, 5.41) is 11.7. The van der Waals surface area contributed by atoms with E-state index in [-0.39, 0.29) is 43.3 Å². The van der Waals surface area contributed by atoms with E-state index < -0.39 is 11.4 Å². The molecule has 4 amide bonds. The number of carboxylic acid groups (broad SMARTS) is 1. The van der Waals surface area contributed by atoms with Crippen molar-refractivity contribution in [3.8, 4) is 5.75 Å². The standard InChI is InChI=1S/C21H27N3O6/c1-21(2,11-18(26)27)10-17(25)22-14-6-7-16(30-3)13(9-14)12-24-19(28)15-5-4-8-23(15)20(24)29/h6-7,9,15H,4-5,8,10-12H2,1-3H3,(H,22,25)(H,26,27). The normalized spacial score (nSPS) is 18.6. The average Bonchev–Trinajstić information content (AvgIpc) is 3.20. The van der Waals surface area contributed by atoms with Gasteiger partial charge in [-0.3, -0.25) is 19.3 Å². The fourth-order valence-corrected chi connectivity index (χ4v) is 4.09. The number of imide groups is 1. The van der Waals surface area contributed by atoms with Crippen molar-refractivity contribution >= 4 is 29.5 Å². The highest BCUT2D eigenvalue weighted by Crippen LogP contribution is 2.32. The van der Waals surface area contributed by atoms with Gasteiger partial charge in [0.15, 0.2) is 0 Å². The van der Waals surface area contributed by atoms with Crippen LogP contribution in [0.25, 0.3) is 0 Å². The van der Waals surface area contributed by atoms with E-state index in [2.05, 4.69) is 5.32 Å². The molecule has 0 saturated carbocycles. The smallest absolute Gasteiger partial charge is 0.327 e. The molecule has 0 spiro atoms. The van der Waals surface area contributed by atoms with Crippen LogP contribution in [-0.2, 0) is 20.9 Å². The zero-order valence-corrected chi connectivity index (χ0v) is 17.4. The Morgan fingerprint density at radius 2 is 2.00 bits per heavy atom. The molecule has 3 rings (SSSR count). The summed E-state index contributed by atoms with van der Waals surface area (Å²) in [5.41, 5.74) is 0.399. The number of ether oxygens (including phenoxy) is 1. The van der Waals surface area contributed by atoms with Gasteiger partial charge in [-0.15, -0.1) is 0 Å². The highest BCUT2D eigenvalue weighted by molar-refractivity contribution is 6.04. The van der Waals surface area contributed by atoms with Crippen LogP contribution >= 0.6 is 0 Å². The Kier molecular flexibility index (Phi) is 6.00. The van der Waals surface area contributed by atoms with Gasteiger partial charge in [0.1, 0.15) is 11.8 Å². The molecule has 2 fully saturated rings. The molecule has 2 heterocycles. The molecule has 1 unspecified atom stereocenters. The molecule has 9 nitrogen and oxygen atoms in total. The van der Waals surface area contributed by atoms with E-state index in [1.54, 1.807) is 36.9 Å². The van der Waals surface area contributed by atoms with Gasteiger partial charge >= 0.3 is 12.0 Å². The second kappa shape index (κ2) is 8.33. The minimum absolute atomic E-state index is 0.0421. The van der Waals surface area contributed by atoms with Gasteiger partial charge in [-0.05, 0) is 36.5 Å². The fraction of sp³-hybridized carbons (Fsp3) is 0.524. The summed E-state index contributed by atoms with van der Waals surface area (Å²) in [7, 11) is 1.50. The van der Waals surface area contributed by atoms with Crippen LogP contribution < -0.4 is 10.1 Å². The summed E-state index contributed by atoms with van der Waals surface area (Å²) in [6.07, 6.45) is 1.44. The predicted molar refractivity (Wildman–Crippen MR) is 108 cm³/mol. The zero-order chi connectivity index (χ0) is 22.1. The largest absolute Gasteiger partial charge is 0.496 e. The lowest BCUT2D eigenvalue weighted by Crippen LogP contribution is -2.32. The third-order valence-corrected chi connectivity index (χ3v) is 5.44. The Hall–Kier alpha value is -3.10. The van der Waals surface area contributed by atoms with Crippen molar-refractivity contribution < 1.29 is 29.0 Å². The highest BCUT2D eigenvalue weighted by Gasteiger charge is 2.47. The summed E-state index contributed by atoms with van der Waals surface area (Å²) in [6, 6.07) is 4.33. The quantitative estimate of drug-likeness (QED) is 0.628. The van der Waals surface area contributed by atoms with E-state index in [9.17, 15) is 19.2 Å². The average molecular weight is 417 g/mol. The third kappa shape index (κ3) is 4.55. The summed E-state index contributed by atoms with van der Waals surface area (Å²) in [4.78, 5) is 51.4. The van der Waals surface area contributed by atoms with Crippen molar-refractivity contribution in [3.63, 3.8) is 0 Å². The molecule has 0 aromatic heterocycles. The molecule has 2 aliphatic heterocycles. The first-order valence-corrected chi connectivity index (χ1v) is 9.92. The molecule has 2 aliphatic rings. The summed E-state index contributed by atoms with van der Waals surface area (Å²) >= 11 is 0. The lowest BCUT2D eigenvalue weighted by atomic mass is 9.85. The zero-order valence-electron chi connectivity index (χ0n) is 17.4. The number of hydrogen-bond acceptors (Lipinski definition) is 5. The number of fused-ring (bicyclic) bond motifs is 1. The molecule has 2 saturated heterocycles. The predicted octanol–water partition coefficient (Wildman–Crippen LogP) is 2.45. The van der Waals surface area contributed by atoms with Gasteiger partial charge in [0, 0.05) is 24.2 Å². The fourth-order valence-electron chi connectivity index (χ4n) is 4.09. The molecule has 0 radical (unpaired) electrons. The minimum atomic E-state index is -0.958. The molecule has 30 heavy (non-hydrogen) atoms. The van der Waals surface area contributed by atoms with Crippen molar-refractivity contribution in [1.29, 1.82) is 0 Å². The molecule has 1 aromatic carbocycles. The molecule has 1 aromatic rings. The van der Waals surface area contributed by atoms with E-state index in [4.69, 9.17) is 9.84 Å². The molecule has 2 N–H and O–H groups in total. The molecule has 0 aliphatic carbocycles. The lowest BCUT2D eigenvalue weighted by Gasteiger charge is -2.22. The number of anilines is 1. The van der Waals surface area contributed by atoms with Crippen molar-refractivity contribution in [2.45, 2.75) is 52.1 Å². The molecule has 162 valence electrons. The van der Waals surface area contributed by atoms with Gasteiger partial charge in [0.25, 0.3) is 5.91 Å². The first kappa shape index (κ1) is 21.6. The van der Waals surface area contributed by atoms with E-state index in [1.807, 2.05) is 0 Å². The number of carbonyl (C=O) groups is 4. The topological polar surface area (TPSA) is 116 Å². The second-order valence-corrected chi connectivity index (χ2v) is 8.54. The van der Waals surface area contributed by atoms with Gasteiger partial charge in [-0.1, -0.05) is 13.8 Å². The lowest BCUT2D eigenvalue weighted by molar-refractivity contribution is -0.139. The van der Waals surface area contributed by atoms with Gasteiger partial charge in [0.2, 0.25) is 5.91 Å². The summed E-state index contributed by atoms with van der Waals surface area (Å²) in [5.74, 6) is -0.970. The highest BCUT2D eigenvalue weighted by atomic mass is 16.5. The van der Waals surface area contributed by atoms with E-state index in [0.29, 0.717) is 30.0 Å². The van der Waals surface area contributed by atoms with Gasteiger partial charge in [-0.2, -0.15) is 0 Å². The van der Waals surface area contributed by atoms with Crippen LogP contribution in [0.1, 0.15) is 45.1 Å². The number of nitrogens with one attached hydrogen (secondary N) is 1. The van der Waals surface area contributed by atoms with Crippen LogP contribution in [0.4, 0.5) is 10.5 Å². The van der Waals surface area contributed by atoms with Crippen LogP contribution in [0.15, 0.2) is 18.2 Å². The Balaban J connectivity index is 1.73. The van der Waals surface area contributed by atoms with E-state index in [0.717, 1.165) is 6.42 Å². The Labute approximate surface area is 175 Å². The Morgan fingerprint density at radius 1 is 1.27 bits per heavy atom. The third-order valence-electron chi connectivity index (χ3n) is 5.44. The summed E-state index contributed by atoms with van der Waals surface area (Å²) < 4.78 is 5.36. The van der Waals surface area contributed by atoms with Crippen LogP contribution in [0, 0.1) is 5.41 Å². The van der Waals surface area contributed by atoms with Crippen LogP contribution in [0.3, 0.4) is 0 Å². The first-order valence-electron chi connectivity index (χ1n) is 9.92. The maximum Gasteiger partial charge on any atom is 0.327 e. The minimum Gasteiger partial charge on any atom is -0.496 e. The first-order chi connectivity index (χ1) is 14.1. The molecule has 9 heteroatoms. The molecular formula is C21H27N3O6. The maximum absolute atomic E-state index is 12.6. The van der Waals surface area contributed by atoms with Gasteiger partial charge < -0.3 is 20.1 Å². The van der Waals surface area contributed by atoms with Crippen molar-refractivity contribution in [1.82, 2.24) is 9.80 Å².